The molecule has 27 heavy (non-hydrogen) atoms. The maximum absolute atomic E-state index is 13.1. The molecule has 0 aliphatic carbocycles. The van der Waals surface area contributed by atoms with Crippen molar-refractivity contribution >= 4 is 35.3 Å². The van der Waals surface area contributed by atoms with Gasteiger partial charge in [0.15, 0.2) is 0 Å². The van der Waals surface area contributed by atoms with E-state index in [1.165, 1.54) is 10.5 Å². The molecule has 3 aromatic carbocycles. The normalized spacial score (nSPS) is 16.1. The van der Waals surface area contributed by atoms with E-state index in [1.54, 1.807) is 18.2 Å². The van der Waals surface area contributed by atoms with E-state index in [0.29, 0.717) is 5.32 Å². The van der Waals surface area contributed by atoms with Crippen LogP contribution in [-0.4, -0.2) is 33.6 Å². The van der Waals surface area contributed by atoms with Crippen LogP contribution in [-0.2, 0) is 10.0 Å². The summed E-state index contributed by atoms with van der Waals surface area (Å²) in [6.45, 7) is 0. The average molecular weight is 442 g/mol. The molecule has 1 unspecified atom stereocenters. The van der Waals surface area contributed by atoms with Crippen LogP contribution in [0.5, 0.6) is 0 Å². The van der Waals surface area contributed by atoms with E-state index in [9.17, 15) is 13.2 Å². The first-order chi connectivity index (χ1) is 13.1. The third-order valence-corrected chi connectivity index (χ3v) is 8.61. The van der Waals surface area contributed by atoms with Crippen LogP contribution in [0, 0.1) is 0 Å². The van der Waals surface area contributed by atoms with Crippen molar-refractivity contribution in [1.29, 1.82) is 0 Å². The molecule has 1 aliphatic rings. The zero-order valence-corrected chi connectivity index (χ0v) is 16.9. The number of carbonyl (C=O) groups excluding carboxylic acids is 1. The number of carbonyl (C=O) groups is 1. The van der Waals surface area contributed by atoms with E-state index >= 15 is 0 Å². The second kappa shape index (κ2) is 7.31. The molecule has 0 saturated carbocycles. The van der Waals surface area contributed by atoms with Crippen LogP contribution in [0.15, 0.2) is 89.8 Å². The minimum atomic E-state index is -3.85. The summed E-state index contributed by atoms with van der Waals surface area (Å²) in [4.78, 5) is 13.1. The van der Waals surface area contributed by atoms with Crippen molar-refractivity contribution < 1.29 is 13.2 Å². The zero-order chi connectivity index (χ0) is 18.9. The Kier molecular flexibility index (Phi) is 4.87. The maximum atomic E-state index is 13.1. The third-order valence-electron chi connectivity index (χ3n) is 4.47. The first-order valence-corrected chi connectivity index (χ1v) is 12.0. The zero-order valence-electron chi connectivity index (χ0n) is 14.4. The summed E-state index contributed by atoms with van der Waals surface area (Å²) in [5, 5.41) is 0.583. The summed E-state index contributed by atoms with van der Waals surface area (Å²) in [7, 11) is -3.85. The SMILES string of the molecule is O=C1c2ccccc2S(=O)(=O)N1C(C[Se]c1ccccc1)c1ccccc1. The van der Waals surface area contributed by atoms with Crippen LogP contribution in [0.2, 0.25) is 5.32 Å². The fraction of sp³-hybridized carbons (Fsp3) is 0.0952. The van der Waals surface area contributed by atoms with Gasteiger partial charge in [0.2, 0.25) is 0 Å². The monoisotopic (exact) mass is 443 g/mol. The molecule has 4 rings (SSSR count). The van der Waals surface area contributed by atoms with E-state index in [2.05, 4.69) is 0 Å². The molecule has 1 amide bonds. The van der Waals surface area contributed by atoms with Crippen LogP contribution in [0.3, 0.4) is 0 Å². The molecule has 4 nitrogen and oxygen atoms in total. The number of hydrogen-bond donors (Lipinski definition) is 0. The van der Waals surface area contributed by atoms with Gasteiger partial charge < -0.3 is 0 Å². The summed E-state index contributed by atoms with van der Waals surface area (Å²) in [5.74, 6) is -0.441. The number of amides is 1. The molecule has 0 aromatic heterocycles. The molecular weight excluding hydrogens is 425 g/mol. The first kappa shape index (κ1) is 18.0. The Morgan fingerprint density at radius 2 is 1.41 bits per heavy atom. The predicted molar refractivity (Wildman–Crippen MR) is 106 cm³/mol. The summed E-state index contributed by atoms with van der Waals surface area (Å²) in [5.41, 5.74) is 1.09. The molecule has 1 atom stereocenters. The fourth-order valence-corrected chi connectivity index (χ4v) is 7.32. The van der Waals surface area contributed by atoms with E-state index < -0.39 is 22.0 Å². The van der Waals surface area contributed by atoms with Gasteiger partial charge in [0.1, 0.15) is 0 Å². The summed E-state index contributed by atoms with van der Waals surface area (Å²) < 4.78 is 28.5. The van der Waals surface area contributed by atoms with Crippen molar-refractivity contribution in [2.75, 3.05) is 0 Å². The Bertz CT molecular complexity index is 1070. The van der Waals surface area contributed by atoms with Crippen molar-refractivity contribution in [1.82, 2.24) is 4.31 Å². The molecule has 3 aromatic rings. The molecule has 0 N–H and O–H groups in total. The van der Waals surface area contributed by atoms with Crippen LogP contribution in [0.1, 0.15) is 22.0 Å². The second-order valence-corrected chi connectivity index (χ2v) is 10.2. The molecular formula is C21H17NO3SSe. The third kappa shape index (κ3) is 3.32. The standard InChI is InChI=1S/C21H17NO3SSe/c23-21-18-13-7-8-14-20(18)26(24,25)22(21)19(16-9-3-1-4-10-16)15-27-17-11-5-2-6-12-17/h1-14,19H,15H2. The number of rotatable bonds is 5. The minimum absolute atomic E-state index is 0.0341. The van der Waals surface area contributed by atoms with Gasteiger partial charge in [-0.15, -0.1) is 0 Å². The Hall–Kier alpha value is -2.40. The Morgan fingerprint density at radius 1 is 0.815 bits per heavy atom. The van der Waals surface area contributed by atoms with Gasteiger partial charge in [-0.25, -0.2) is 0 Å². The van der Waals surface area contributed by atoms with Gasteiger partial charge in [0.25, 0.3) is 0 Å². The van der Waals surface area contributed by atoms with Gasteiger partial charge in [-0.2, -0.15) is 0 Å². The predicted octanol–water partition coefficient (Wildman–Crippen LogP) is 3.02. The van der Waals surface area contributed by atoms with Crippen LogP contribution in [0.4, 0.5) is 0 Å². The van der Waals surface area contributed by atoms with Gasteiger partial charge in [-0.3, -0.25) is 0 Å². The summed E-state index contributed by atoms with van der Waals surface area (Å²) in [6, 6.07) is 25.3. The van der Waals surface area contributed by atoms with Crippen LogP contribution < -0.4 is 4.46 Å². The van der Waals surface area contributed by atoms with Crippen LogP contribution >= 0.6 is 0 Å². The number of sulfonamides is 1. The molecule has 136 valence electrons. The summed E-state index contributed by atoms with van der Waals surface area (Å²) >= 11 is 0.0341. The number of nitrogens with zero attached hydrogens (tertiary/aromatic N) is 1. The Balaban J connectivity index is 1.74. The Morgan fingerprint density at radius 3 is 2.07 bits per heavy atom. The molecule has 1 aliphatic heterocycles. The molecule has 6 heteroatoms. The molecule has 0 saturated heterocycles. The summed E-state index contributed by atoms with van der Waals surface area (Å²) in [6.07, 6.45) is 0. The van der Waals surface area contributed by atoms with Gasteiger partial charge >= 0.3 is 165 Å². The number of fused-ring (bicyclic) bond motifs is 1. The van der Waals surface area contributed by atoms with Crippen molar-refractivity contribution in [2.24, 2.45) is 0 Å². The van der Waals surface area contributed by atoms with Crippen molar-refractivity contribution in [3.63, 3.8) is 0 Å². The second-order valence-electron chi connectivity index (χ2n) is 6.15. The van der Waals surface area contributed by atoms with Crippen LogP contribution in [0.25, 0.3) is 0 Å². The quantitative estimate of drug-likeness (QED) is 0.571. The van der Waals surface area contributed by atoms with Crippen molar-refractivity contribution in [2.45, 2.75) is 16.3 Å². The van der Waals surface area contributed by atoms with Gasteiger partial charge in [0.05, 0.1) is 0 Å². The first-order valence-electron chi connectivity index (χ1n) is 8.49. The van der Waals surface area contributed by atoms with Gasteiger partial charge in [-0.05, 0) is 0 Å². The molecule has 1 heterocycles. The molecule has 0 radical (unpaired) electrons. The van der Waals surface area contributed by atoms with E-state index in [4.69, 9.17) is 0 Å². The van der Waals surface area contributed by atoms with E-state index in [1.807, 2.05) is 60.7 Å². The van der Waals surface area contributed by atoms with Gasteiger partial charge in [-0.1, -0.05) is 0 Å². The molecule has 0 fully saturated rings. The molecule has 0 bridgehead atoms. The van der Waals surface area contributed by atoms with Crippen molar-refractivity contribution in [3.05, 3.63) is 96.1 Å². The average Bonchev–Trinajstić information content (AvgIpc) is 2.91. The Labute approximate surface area is 165 Å². The van der Waals surface area contributed by atoms with Gasteiger partial charge in [0, 0.05) is 0 Å². The number of benzene rings is 3. The number of hydrogen-bond acceptors (Lipinski definition) is 3. The molecule has 0 spiro atoms. The fourth-order valence-electron chi connectivity index (χ4n) is 3.18. The van der Waals surface area contributed by atoms with Crippen molar-refractivity contribution in [3.8, 4) is 0 Å². The van der Waals surface area contributed by atoms with E-state index in [0.717, 1.165) is 9.87 Å². The topological polar surface area (TPSA) is 54.5 Å². The van der Waals surface area contributed by atoms with E-state index in [-0.39, 0.29) is 25.4 Å².